The summed E-state index contributed by atoms with van der Waals surface area (Å²) < 4.78 is 0. The predicted molar refractivity (Wildman–Crippen MR) is 97.7 cm³/mol. The van der Waals surface area contributed by atoms with E-state index < -0.39 is 10.0 Å². The van der Waals surface area contributed by atoms with Crippen LogP contribution in [-0.2, 0) is 0 Å². The van der Waals surface area contributed by atoms with Crippen molar-refractivity contribution in [3.8, 4) is 0 Å². The maximum Gasteiger partial charge on any atom is 0.0406 e. The Morgan fingerprint density at radius 2 is 0.909 bits per heavy atom. The van der Waals surface area contributed by atoms with Gasteiger partial charge in [0.2, 0.25) is 0 Å². The Morgan fingerprint density at radius 1 is 0.545 bits per heavy atom. The molecule has 22 heavy (non-hydrogen) atoms. The molecule has 0 nitrogen and oxygen atoms in total. The summed E-state index contributed by atoms with van der Waals surface area (Å²) in [4.78, 5) is 3.88. The first kappa shape index (κ1) is 15.5. The molecule has 0 fully saturated rings. The molecule has 0 heterocycles. The summed E-state index contributed by atoms with van der Waals surface area (Å²) in [5.74, 6) is 0. The molecule has 3 rings (SSSR count). The predicted octanol–water partition coefficient (Wildman–Crippen LogP) is 6.90. The number of benzene rings is 3. The molecular formula is C19H16Cl2S. The van der Waals surface area contributed by atoms with Crippen molar-refractivity contribution < 1.29 is 0 Å². The van der Waals surface area contributed by atoms with Gasteiger partial charge in [-0.1, -0.05) is 41.4 Å². The molecule has 0 amide bonds. The minimum atomic E-state index is -1.33. The van der Waals surface area contributed by atoms with Crippen LogP contribution in [0.3, 0.4) is 0 Å². The molecule has 0 N–H and O–H groups in total. The summed E-state index contributed by atoms with van der Waals surface area (Å²) in [6.07, 6.45) is 2.31. The Morgan fingerprint density at radius 3 is 1.32 bits per heavy atom. The maximum atomic E-state index is 6.07. The van der Waals surface area contributed by atoms with Crippen LogP contribution < -0.4 is 0 Å². The van der Waals surface area contributed by atoms with E-state index in [1.54, 1.807) is 0 Å². The van der Waals surface area contributed by atoms with Crippen molar-refractivity contribution in [2.45, 2.75) is 14.7 Å². The maximum absolute atomic E-state index is 6.07. The van der Waals surface area contributed by atoms with E-state index in [4.69, 9.17) is 23.2 Å². The molecule has 0 spiro atoms. The normalized spacial score (nSPS) is 12.1. The standard InChI is InChI=1S/C19H16Cl2S/c1-22(17-5-3-2-4-6-17,18-11-7-15(20)8-12-18)19-13-9-16(21)10-14-19/h2-14H,1H3. The quantitative estimate of drug-likeness (QED) is 0.483. The second-order valence-electron chi connectivity index (χ2n) is 5.14. The fraction of sp³-hybridized carbons (Fsp3) is 0.0526. The summed E-state index contributed by atoms with van der Waals surface area (Å²) >= 11 is 12.1. The lowest BCUT2D eigenvalue weighted by atomic mass is 10.3. The third-order valence-corrected chi connectivity index (χ3v) is 7.93. The largest absolute Gasteiger partial charge is 0.163 e. The molecule has 0 bridgehead atoms. The average Bonchev–Trinajstić information content (AvgIpc) is 2.56. The molecule has 0 radical (unpaired) electrons. The molecule has 0 aliphatic rings. The van der Waals surface area contributed by atoms with E-state index in [1.165, 1.54) is 14.7 Å². The monoisotopic (exact) mass is 346 g/mol. The molecule has 3 aromatic carbocycles. The summed E-state index contributed by atoms with van der Waals surface area (Å²) in [6, 6.07) is 26.9. The Labute approximate surface area is 143 Å². The Bertz CT molecular complexity index is 704. The van der Waals surface area contributed by atoms with E-state index in [0.29, 0.717) is 0 Å². The van der Waals surface area contributed by atoms with Crippen molar-refractivity contribution in [3.63, 3.8) is 0 Å². The van der Waals surface area contributed by atoms with Gasteiger partial charge >= 0.3 is 0 Å². The van der Waals surface area contributed by atoms with Crippen LogP contribution in [-0.4, -0.2) is 6.26 Å². The van der Waals surface area contributed by atoms with Gasteiger partial charge in [-0.2, -0.15) is 10.0 Å². The molecule has 3 heteroatoms. The summed E-state index contributed by atoms with van der Waals surface area (Å²) in [5, 5.41) is 1.52. The summed E-state index contributed by atoms with van der Waals surface area (Å²) in [6.45, 7) is 0. The fourth-order valence-electron chi connectivity index (χ4n) is 2.51. The highest BCUT2D eigenvalue weighted by atomic mass is 35.5. The van der Waals surface area contributed by atoms with Crippen LogP contribution in [0.4, 0.5) is 0 Å². The molecule has 0 unspecified atom stereocenters. The van der Waals surface area contributed by atoms with Crippen LogP contribution in [0, 0.1) is 0 Å². The zero-order valence-electron chi connectivity index (χ0n) is 12.2. The number of halogens is 2. The van der Waals surface area contributed by atoms with Crippen LogP contribution in [0.5, 0.6) is 0 Å². The van der Waals surface area contributed by atoms with Crippen molar-refractivity contribution in [2.75, 3.05) is 6.26 Å². The van der Waals surface area contributed by atoms with Crippen molar-refractivity contribution in [1.29, 1.82) is 0 Å². The van der Waals surface area contributed by atoms with Crippen molar-refractivity contribution in [1.82, 2.24) is 0 Å². The third-order valence-electron chi connectivity index (χ3n) is 3.78. The molecule has 0 saturated heterocycles. The van der Waals surface area contributed by atoms with Crippen molar-refractivity contribution in [2.24, 2.45) is 0 Å². The van der Waals surface area contributed by atoms with Crippen LogP contribution >= 0.6 is 33.2 Å². The van der Waals surface area contributed by atoms with Gasteiger partial charge in [0.05, 0.1) is 0 Å². The van der Waals surface area contributed by atoms with E-state index in [2.05, 4.69) is 54.8 Å². The first-order valence-corrected chi connectivity index (χ1v) is 9.75. The number of hydrogen-bond acceptors (Lipinski definition) is 0. The topological polar surface area (TPSA) is 0 Å². The third kappa shape index (κ3) is 2.89. The van der Waals surface area contributed by atoms with Crippen molar-refractivity contribution in [3.05, 3.63) is 88.9 Å². The molecule has 0 aliphatic heterocycles. The van der Waals surface area contributed by atoms with Gasteiger partial charge in [-0.15, -0.1) is 0 Å². The SMILES string of the molecule is CS(c1ccccc1)(c1ccc(Cl)cc1)c1ccc(Cl)cc1. The molecule has 3 aromatic rings. The van der Waals surface area contributed by atoms with Gasteiger partial charge in [-0.3, -0.25) is 0 Å². The van der Waals surface area contributed by atoms with Gasteiger partial charge in [-0.25, -0.2) is 0 Å². The molecule has 0 aliphatic carbocycles. The summed E-state index contributed by atoms with van der Waals surface area (Å²) in [5.41, 5.74) is 0. The van der Waals surface area contributed by atoms with Crippen LogP contribution in [0.1, 0.15) is 0 Å². The minimum absolute atomic E-state index is 0.759. The second kappa shape index (κ2) is 6.37. The first-order chi connectivity index (χ1) is 10.6. The lowest BCUT2D eigenvalue weighted by molar-refractivity contribution is 1.30. The molecule has 0 saturated carbocycles. The fourth-order valence-corrected chi connectivity index (χ4v) is 5.65. The van der Waals surface area contributed by atoms with E-state index >= 15 is 0 Å². The minimum Gasteiger partial charge on any atom is -0.163 e. The lowest BCUT2D eigenvalue weighted by Crippen LogP contribution is -2.01. The van der Waals surface area contributed by atoms with Gasteiger partial charge < -0.3 is 0 Å². The van der Waals surface area contributed by atoms with Gasteiger partial charge in [0.1, 0.15) is 0 Å². The molecular weight excluding hydrogens is 331 g/mol. The second-order valence-corrected chi connectivity index (χ2v) is 9.26. The van der Waals surface area contributed by atoms with E-state index in [0.717, 1.165) is 10.0 Å². The first-order valence-electron chi connectivity index (χ1n) is 6.95. The van der Waals surface area contributed by atoms with Crippen LogP contribution in [0.25, 0.3) is 0 Å². The van der Waals surface area contributed by atoms with Gasteiger partial charge in [0.15, 0.2) is 0 Å². The van der Waals surface area contributed by atoms with Crippen LogP contribution in [0.2, 0.25) is 10.0 Å². The van der Waals surface area contributed by atoms with Crippen LogP contribution in [0.15, 0.2) is 93.5 Å². The Balaban J connectivity index is 2.22. The zero-order valence-corrected chi connectivity index (χ0v) is 14.5. The van der Waals surface area contributed by atoms with E-state index in [9.17, 15) is 0 Å². The highest BCUT2D eigenvalue weighted by Crippen LogP contribution is 2.65. The Kier molecular flexibility index (Phi) is 4.49. The van der Waals surface area contributed by atoms with Gasteiger partial charge in [0, 0.05) is 10.0 Å². The van der Waals surface area contributed by atoms with E-state index in [1.807, 2.05) is 30.3 Å². The van der Waals surface area contributed by atoms with E-state index in [-0.39, 0.29) is 0 Å². The summed E-state index contributed by atoms with van der Waals surface area (Å²) in [7, 11) is -1.33. The number of rotatable bonds is 3. The highest BCUT2D eigenvalue weighted by molar-refractivity contribution is 8.33. The highest BCUT2D eigenvalue weighted by Gasteiger charge is 2.25. The lowest BCUT2D eigenvalue weighted by Gasteiger charge is -2.37. The average molecular weight is 347 g/mol. The zero-order chi connectivity index (χ0) is 15.6. The Hall–Kier alpha value is -1.41. The van der Waals surface area contributed by atoms with Gasteiger partial charge in [-0.05, 0) is 81.6 Å². The molecule has 0 atom stereocenters. The smallest absolute Gasteiger partial charge is 0.0406 e. The number of hydrogen-bond donors (Lipinski definition) is 0. The molecule has 112 valence electrons. The van der Waals surface area contributed by atoms with Crippen molar-refractivity contribution >= 4 is 33.2 Å². The molecule has 0 aromatic heterocycles. The van der Waals surface area contributed by atoms with Gasteiger partial charge in [0.25, 0.3) is 0 Å².